The first-order chi connectivity index (χ1) is 10.9. The van der Waals surface area contributed by atoms with E-state index in [9.17, 15) is 4.79 Å². The zero-order valence-electron chi connectivity index (χ0n) is 13.7. The summed E-state index contributed by atoms with van der Waals surface area (Å²) in [5.74, 6) is 0. The summed E-state index contributed by atoms with van der Waals surface area (Å²) < 4.78 is 7.53. The minimum atomic E-state index is -0.695. The SMILES string of the molecule is C[C](C)(C)[Sn][c]1ccc2c(=O)c(Cc3ccccc3)coc2c1. The van der Waals surface area contributed by atoms with Crippen molar-refractivity contribution in [2.24, 2.45) is 0 Å². The summed E-state index contributed by atoms with van der Waals surface area (Å²) in [6.45, 7) is 6.84. The van der Waals surface area contributed by atoms with Gasteiger partial charge in [-0.3, -0.25) is 0 Å². The van der Waals surface area contributed by atoms with Crippen molar-refractivity contribution in [3.8, 4) is 0 Å². The molecule has 2 aromatic carbocycles. The maximum atomic E-state index is 12.7. The van der Waals surface area contributed by atoms with Gasteiger partial charge >= 0.3 is 147 Å². The van der Waals surface area contributed by atoms with E-state index < -0.39 is 21.1 Å². The molecule has 0 bridgehead atoms. The zero-order chi connectivity index (χ0) is 16.4. The van der Waals surface area contributed by atoms with Gasteiger partial charge in [-0.25, -0.2) is 0 Å². The third kappa shape index (κ3) is 4.05. The molecule has 0 amide bonds. The number of benzene rings is 2. The summed E-state index contributed by atoms with van der Waals surface area (Å²) >= 11 is -0.695. The second-order valence-corrected chi connectivity index (χ2v) is 13.5. The number of fused-ring (bicyclic) bond motifs is 1. The van der Waals surface area contributed by atoms with E-state index in [-0.39, 0.29) is 5.43 Å². The summed E-state index contributed by atoms with van der Waals surface area (Å²) in [6.07, 6.45) is 2.24. The predicted molar refractivity (Wildman–Crippen MR) is 96.8 cm³/mol. The molecule has 2 nitrogen and oxygen atoms in total. The average Bonchev–Trinajstić information content (AvgIpc) is 2.50. The topological polar surface area (TPSA) is 30.2 Å². The van der Waals surface area contributed by atoms with Crippen LogP contribution in [0.2, 0.25) is 3.43 Å². The van der Waals surface area contributed by atoms with Crippen LogP contribution in [0.25, 0.3) is 11.0 Å². The molecule has 3 aromatic rings. The first-order valence-corrected chi connectivity index (χ1v) is 10.6. The van der Waals surface area contributed by atoms with Crippen molar-refractivity contribution >= 4 is 35.7 Å². The summed E-state index contributed by atoms with van der Waals surface area (Å²) in [5, 5.41) is 0.690. The van der Waals surface area contributed by atoms with Crippen LogP contribution in [0.4, 0.5) is 0 Å². The van der Waals surface area contributed by atoms with Crippen molar-refractivity contribution in [2.75, 3.05) is 0 Å². The predicted octanol–water partition coefficient (Wildman–Crippen LogP) is 3.93. The van der Waals surface area contributed by atoms with Gasteiger partial charge in [-0.05, 0) is 0 Å². The van der Waals surface area contributed by atoms with E-state index in [0.29, 0.717) is 20.8 Å². The monoisotopic (exact) mass is 412 g/mol. The molecule has 1 heterocycles. The van der Waals surface area contributed by atoms with E-state index in [2.05, 4.69) is 32.9 Å². The fourth-order valence-electron chi connectivity index (χ4n) is 2.62. The van der Waals surface area contributed by atoms with E-state index in [0.717, 1.165) is 11.1 Å². The third-order valence-corrected chi connectivity index (χ3v) is 7.45. The second kappa shape index (κ2) is 6.52. The van der Waals surface area contributed by atoms with Gasteiger partial charge in [0, 0.05) is 0 Å². The normalized spacial score (nSPS) is 11.8. The fraction of sp³-hybridized carbons (Fsp3) is 0.250. The Labute approximate surface area is 146 Å². The summed E-state index contributed by atoms with van der Waals surface area (Å²) in [6, 6.07) is 16.1. The Morgan fingerprint density at radius 3 is 2.48 bits per heavy atom. The molecule has 23 heavy (non-hydrogen) atoms. The van der Waals surface area contributed by atoms with Crippen molar-refractivity contribution in [3.05, 3.63) is 76.1 Å². The Hall–Kier alpha value is -1.55. The van der Waals surface area contributed by atoms with Crippen LogP contribution in [0.1, 0.15) is 31.9 Å². The van der Waals surface area contributed by atoms with E-state index in [4.69, 9.17) is 4.42 Å². The Balaban J connectivity index is 1.97. The van der Waals surface area contributed by atoms with Gasteiger partial charge in [0.25, 0.3) is 0 Å². The van der Waals surface area contributed by atoms with E-state index >= 15 is 0 Å². The molecule has 3 rings (SSSR count). The van der Waals surface area contributed by atoms with Gasteiger partial charge in [-0.15, -0.1) is 0 Å². The van der Waals surface area contributed by atoms with E-state index in [1.165, 1.54) is 3.58 Å². The molecule has 0 fully saturated rings. The number of hydrogen-bond acceptors (Lipinski definition) is 2. The molecule has 0 aliphatic heterocycles. The standard InChI is InChI=1S/C16H11O2.C4H9.Sn/c17-16-13(10-12-6-2-1-3-7-12)11-18-15-9-5-4-8-14(15)16;1-4(2)3;/h1-4,6-9,11H,10H2;1-3H3;. The molecule has 0 unspecified atom stereocenters. The summed E-state index contributed by atoms with van der Waals surface area (Å²) in [5.41, 5.74) is 2.64. The van der Waals surface area contributed by atoms with Gasteiger partial charge in [0.05, 0.1) is 0 Å². The van der Waals surface area contributed by atoms with Crippen LogP contribution >= 0.6 is 0 Å². The van der Waals surface area contributed by atoms with Gasteiger partial charge < -0.3 is 0 Å². The van der Waals surface area contributed by atoms with Gasteiger partial charge in [-0.2, -0.15) is 0 Å². The molecule has 3 heteroatoms. The van der Waals surface area contributed by atoms with E-state index in [1.807, 2.05) is 36.4 Å². The Morgan fingerprint density at radius 2 is 1.78 bits per heavy atom. The molecular weight excluding hydrogens is 391 g/mol. The molecular formula is C20H20O2Sn. The summed E-state index contributed by atoms with van der Waals surface area (Å²) in [7, 11) is 0. The molecule has 0 spiro atoms. The molecule has 1 aromatic heterocycles. The Kier molecular flexibility index (Phi) is 4.62. The Bertz CT molecular complexity index is 874. The molecule has 0 aliphatic rings. The molecule has 0 N–H and O–H groups in total. The van der Waals surface area contributed by atoms with Gasteiger partial charge in [0.1, 0.15) is 0 Å². The quantitative estimate of drug-likeness (QED) is 0.612. The van der Waals surface area contributed by atoms with Crippen LogP contribution in [0, 0.1) is 0 Å². The maximum absolute atomic E-state index is 12.7. The summed E-state index contributed by atoms with van der Waals surface area (Å²) in [4.78, 5) is 12.7. The average molecular weight is 411 g/mol. The molecule has 0 aliphatic carbocycles. The number of rotatable bonds is 3. The molecule has 2 radical (unpaired) electrons. The van der Waals surface area contributed by atoms with Crippen LogP contribution < -0.4 is 9.01 Å². The first-order valence-electron chi connectivity index (χ1n) is 7.79. The first kappa shape index (κ1) is 16.3. The van der Waals surface area contributed by atoms with Gasteiger partial charge in [-0.1, -0.05) is 0 Å². The van der Waals surface area contributed by atoms with Crippen LogP contribution in [-0.2, 0) is 6.42 Å². The third-order valence-electron chi connectivity index (χ3n) is 3.60. The van der Waals surface area contributed by atoms with Crippen molar-refractivity contribution < 1.29 is 4.42 Å². The van der Waals surface area contributed by atoms with Crippen molar-refractivity contribution in [3.63, 3.8) is 0 Å². The van der Waals surface area contributed by atoms with Crippen LogP contribution in [0.15, 0.2) is 64.0 Å². The Morgan fingerprint density at radius 1 is 1.04 bits per heavy atom. The van der Waals surface area contributed by atoms with Crippen molar-refractivity contribution in [2.45, 2.75) is 30.6 Å². The van der Waals surface area contributed by atoms with Crippen molar-refractivity contribution in [1.29, 1.82) is 0 Å². The molecule has 0 saturated carbocycles. The zero-order valence-corrected chi connectivity index (χ0v) is 16.6. The van der Waals surface area contributed by atoms with Crippen LogP contribution in [0.5, 0.6) is 0 Å². The molecule has 116 valence electrons. The molecule has 0 saturated heterocycles. The molecule has 0 atom stereocenters. The van der Waals surface area contributed by atoms with Crippen molar-refractivity contribution in [1.82, 2.24) is 0 Å². The van der Waals surface area contributed by atoms with Crippen LogP contribution in [0.3, 0.4) is 0 Å². The van der Waals surface area contributed by atoms with E-state index in [1.54, 1.807) is 6.26 Å². The van der Waals surface area contributed by atoms with Crippen LogP contribution in [-0.4, -0.2) is 21.1 Å². The van der Waals surface area contributed by atoms with Gasteiger partial charge in [0.2, 0.25) is 0 Å². The second-order valence-electron chi connectivity index (χ2n) is 6.84. The number of hydrogen-bond donors (Lipinski definition) is 0. The minimum absolute atomic E-state index is 0.0859. The fourth-order valence-corrected chi connectivity index (χ4v) is 6.14. The van der Waals surface area contributed by atoms with Gasteiger partial charge in [0.15, 0.2) is 0 Å².